The van der Waals surface area contributed by atoms with Gasteiger partial charge in [0.25, 0.3) is 0 Å². The van der Waals surface area contributed by atoms with Crippen LogP contribution in [-0.2, 0) is 0 Å². The molecule has 1 aliphatic carbocycles. The summed E-state index contributed by atoms with van der Waals surface area (Å²) in [6.07, 6.45) is 3.27. The van der Waals surface area contributed by atoms with E-state index in [-0.39, 0.29) is 0 Å². The largest absolute Gasteiger partial charge is 0.306 e. The molecule has 0 atom stereocenters. The minimum Gasteiger partial charge on any atom is -0.306 e. The highest BCUT2D eigenvalue weighted by Crippen LogP contribution is 2.58. The molecular formula is C8H13Cl2N. The zero-order valence-electron chi connectivity index (χ0n) is 6.74. The van der Waals surface area contributed by atoms with Crippen molar-refractivity contribution < 1.29 is 0 Å². The van der Waals surface area contributed by atoms with Crippen LogP contribution in [0.4, 0.5) is 0 Å². The van der Waals surface area contributed by atoms with E-state index < -0.39 is 4.33 Å². The monoisotopic (exact) mass is 193 g/mol. The molecule has 0 aromatic carbocycles. The van der Waals surface area contributed by atoms with Gasteiger partial charge in [-0.05, 0) is 38.3 Å². The summed E-state index contributed by atoms with van der Waals surface area (Å²) in [5.41, 5.74) is 0.484. The van der Waals surface area contributed by atoms with Crippen LogP contribution in [0.1, 0.15) is 19.3 Å². The molecule has 3 heteroatoms. The molecule has 0 N–H and O–H groups in total. The normalized spacial score (nSPS) is 34.1. The molecule has 1 nitrogen and oxygen atoms in total. The molecule has 2 rings (SSSR count). The Morgan fingerprint density at radius 1 is 1.27 bits per heavy atom. The van der Waals surface area contributed by atoms with E-state index >= 15 is 0 Å². The molecule has 0 amide bonds. The van der Waals surface area contributed by atoms with Crippen molar-refractivity contribution in [2.24, 2.45) is 5.41 Å². The maximum absolute atomic E-state index is 5.97. The van der Waals surface area contributed by atoms with Crippen LogP contribution in [0.3, 0.4) is 0 Å². The summed E-state index contributed by atoms with van der Waals surface area (Å²) in [4.78, 5) is 2.36. The van der Waals surface area contributed by atoms with Gasteiger partial charge in [0.15, 0.2) is 0 Å². The number of hydrogen-bond donors (Lipinski definition) is 0. The summed E-state index contributed by atoms with van der Waals surface area (Å²) in [5, 5.41) is 0. The lowest BCUT2D eigenvalue weighted by Gasteiger charge is -2.47. The van der Waals surface area contributed by atoms with E-state index in [1.165, 1.54) is 19.5 Å². The predicted octanol–water partition coefficient (Wildman–Crippen LogP) is 2.28. The molecular weight excluding hydrogens is 181 g/mol. The highest BCUT2D eigenvalue weighted by Gasteiger charge is 2.54. The predicted molar refractivity (Wildman–Crippen MR) is 48.2 cm³/mol. The van der Waals surface area contributed by atoms with Gasteiger partial charge in [-0.3, -0.25) is 0 Å². The summed E-state index contributed by atoms with van der Waals surface area (Å²) in [7, 11) is 2.16. The van der Waals surface area contributed by atoms with Crippen molar-refractivity contribution in [3.05, 3.63) is 0 Å². The molecule has 2 aliphatic rings. The van der Waals surface area contributed by atoms with E-state index in [1.54, 1.807) is 0 Å². The average molecular weight is 194 g/mol. The first-order valence-corrected chi connectivity index (χ1v) is 4.83. The van der Waals surface area contributed by atoms with Crippen molar-refractivity contribution in [2.75, 3.05) is 20.1 Å². The third-order valence-corrected chi connectivity index (χ3v) is 3.43. The number of halogens is 2. The fraction of sp³-hybridized carbons (Fsp3) is 1.00. The number of hydrogen-bond acceptors (Lipinski definition) is 1. The number of nitrogens with zero attached hydrogens (tertiary/aromatic N) is 1. The van der Waals surface area contributed by atoms with Crippen molar-refractivity contribution in [1.82, 2.24) is 4.90 Å². The summed E-state index contributed by atoms with van der Waals surface area (Å²) in [5.74, 6) is 0. The topological polar surface area (TPSA) is 3.24 Å². The van der Waals surface area contributed by atoms with Crippen LogP contribution in [0.5, 0.6) is 0 Å². The van der Waals surface area contributed by atoms with E-state index in [0.717, 1.165) is 12.8 Å². The summed E-state index contributed by atoms with van der Waals surface area (Å²) >= 11 is 11.9. The zero-order valence-corrected chi connectivity index (χ0v) is 8.25. The average Bonchev–Trinajstić information content (AvgIpc) is 2.08. The molecule has 1 spiro atoms. The number of likely N-dealkylation sites (tertiary alicyclic amines) is 1. The lowest BCUT2D eigenvalue weighted by Crippen LogP contribution is -2.45. The summed E-state index contributed by atoms with van der Waals surface area (Å²) in [6, 6.07) is 0. The van der Waals surface area contributed by atoms with Crippen LogP contribution in [0.15, 0.2) is 0 Å². The van der Waals surface area contributed by atoms with Crippen LogP contribution in [-0.4, -0.2) is 29.4 Å². The Morgan fingerprint density at radius 2 is 1.91 bits per heavy atom. The van der Waals surface area contributed by atoms with Crippen LogP contribution in [0.25, 0.3) is 0 Å². The van der Waals surface area contributed by atoms with Gasteiger partial charge >= 0.3 is 0 Å². The highest BCUT2D eigenvalue weighted by molar-refractivity contribution is 6.49. The van der Waals surface area contributed by atoms with Crippen LogP contribution in [0, 0.1) is 5.41 Å². The second-order valence-corrected chi connectivity index (χ2v) is 5.84. The van der Waals surface area contributed by atoms with E-state index in [2.05, 4.69) is 11.9 Å². The maximum atomic E-state index is 5.97. The molecule has 1 heterocycles. The van der Waals surface area contributed by atoms with Crippen molar-refractivity contribution in [2.45, 2.75) is 23.6 Å². The number of alkyl halides is 2. The standard InChI is InChI=1S/C8H13Cl2N/c1-11-3-2-7(6-11)4-8(9,10)5-7/h2-6H2,1H3. The smallest absolute Gasteiger partial charge is 0.119 e. The molecule has 1 aliphatic heterocycles. The Bertz CT molecular complexity index is 171. The molecule has 11 heavy (non-hydrogen) atoms. The summed E-state index contributed by atoms with van der Waals surface area (Å²) < 4.78 is -0.398. The lowest BCUT2D eigenvalue weighted by molar-refractivity contribution is 0.131. The molecule has 0 radical (unpaired) electrons. The molecule has 0 aromatic rings. The fourth-order valence-electron chi connectivity index (χ4n) is 2.49. The molecule has 1 saturated carbocycles. The second-order valence-electron chi connectivity index (χ2n) is 4.20. The van der Waals surface area contributed by atoms with Crippen molar-refractivity contribution in [1.29, 1.82) is 0 Å². The third kappa shape index (κ3) is 1.39. The highest BCUT2D eigenvalue weighted by atomic mass is 35.5. The molecule has 0 bridgehead atoms. The van der Waals surface area contributed by atoms with Gasteiger partial charge in [0, 0.05) is 6.54 Å². The molecule has 1 saturated heterocycles. The Balaban J connectivity index is 1.97. The van der Waals surface area contributed by atoms with Crippen molar-refractivity contribution >= 4 is 23.2 Å². The van der Waals surface area contributed by atoms with Gasteiger partial charge in [0.2, 0.25) is 0 Å². The van der Waals surface area contributed by atoms with Gasteiger partial charge in [-0.1, -0.05) is 0 Å². The molecule has 0 unspecified atom stereocenters. The third-order valence-electron chi connectivity index (χ3n) is 2.90. The van der Waals surface area contributed by atoms with Crippen molar-refractivity contribution in [3.8, 4) is 0 Å². The van der Waals surface area contributed by atoms with Crippen molar-refractivity contribution in [3.63, 3.8) is 0 Å². The fourth-order valence-corrected chi connectivity index (χ4v) is 3.63. The van der Waals surface area contributed by atoms with Crippen LogP contribution < -0.4 is 0 Å². The van der Waals surface area contributed by atoms with Gasteiger partial charge in [0.05, 0.1) is 0 Å². The Kier molecular flexibility index (Phi) is 1.69. The van der Waals surface area contributed by atoms with Gasteiger partial charge < -0.3 is 4.90 Å². The minimum absolute atomic E-state index is 0.398. The lowest BCUT2D eigenvalue weighted by atomic mass is 9.67. The molecule has 2 fully saturated rings. The molecule has 0 aromatic heterocycles. The summed E-state index contributed by atoms with van der Waals surface area (Å²) in [6.45, 7) is 2.40. The Labute approximate surface area is 77.6 Å². The van der Waals surface area contributed by atoms with Gasteiger partial charge in [-0.25, -0.2) is 0 Å². The van der Waals surface area contributed by atoms with E-state index in [9.17, 15) is 0 Å². The van der Waals surface area contributed by atoms with Gasteiger partial charge in [-0.15, -0.1) is 23.2 Å². The SMILES string of the molecule is CN1CCC2(C1)CC(Cl)(Cl)C2. The first kappa shape index (κ1) is 8.15. The van der Waals surface area contributed by atoms with E-state index in [4.69, 9.17) is 23.2 Å². The molecule has 64 valence electrons. The zero-order chi connectivity index (χ0) is 8.11. The van der Waals surface area contributed by atoms with E-state index in [1.807, 2.05) is 0 Å². The number of rotatable bonds is 0. The van der Waals surface area contributed by atoms with E-state index in [0.29, 0.717) is 5.41 Å². The van der Waals surface area contributed by atoms with Gasteiger partial charge in [0.1, 0.15) is 4.33 Å². The quantitative estimate of drug-likeness (QED) is 0.534. The Hall–Kier alpha value is 0.540. The van der Waals surface area contributed by atoms with Crippen LogP contribution in [0.2, 0.25) is 0 Å². The first-order valence-electron chi connectivity index (χ1n) is 4.08. The van der Waals surface area contributed by atoms with Gasteiger partial charge in [-0.2, -0.15) is 0 Å². The Morgan fingerprint density at radius 3 is 2.27 bits per heavy atom. The van der Waals surface area contributed by atoms with Crippen LogP contribution >= 0.6 is 23.2 Å². The minimum atomic E-state index is -0.398. The second kappa shape index (κ2) is 2.27. The maximum Gasteiger partial charge on any atom is 0.119 e. The first-order chi connectivity index (χ1) is 5.02.